The molecule has 5 rings (SSSR count). The highest BCUT2D eigenvalue weighted by molar-refractivity contribution is 6.01. The molecule has 1 N–H and O–H groups in total. The van der Waals surface area contributed by atoms with E-state index in [1.165, 1.54) is 12.0 Å². The molecule has 1 fully saturated rings. The zero-order chi connectivity index (χ0) is 32.3. The number of aromatic nitrogens is 1. The van der Waals surface area contributed by atoms with Crippen LogP contribution in [0.15, 0.2) is 91.0 Å². The standard InChI is InChI=1S/C36H39N3O6/c1-24-21-29(31(25-13-8-6-9-14-25)39(24)27-16-10-7-11-17-27)33(40)37-19-20-38(35(42)43)32(36(2,3)4)30(37)23-45-28-18-12-15-26(22-28)34(41)44-5/h6-18,21-22,30,32H,19-20,23H2,1-5H3,(H,42,43). The van der Waals surface area contributed by atoms with Crippen LogP contribution in [0.3, 0.4) is 0 Å². The van der Waals surface area contributed by atoms with Crippen molar-refractivity contribution in [2.75, 3.05) is 26.8 Å². The summed E-state index contributed by atoms with van der Waals surface area (Å²) in [6, 6.07) is 27.0. The fourth-order valence-corrected chi connectivity index (χ4v) is 6.35. The van der Waals surface area contributed by atoms with Crippen LogP contribution >= 0.6 is 0 Å². The molecule has 2 amide bonds. The van der Waals surface area contributed by atoms with Gasteiger partial charge in [-0.05, 0) is 54.3 Å². The van der Waals surface area contributed by atoms with Gasteiger partial charge in [-0.1, -0.05) is 75.4 Å². The third kappa shape index (κ3) is 6.43. The number of para-hydroxylation sites is 1. The van der Waals surface area contributed by atoms with Gasteiger partial charge in [0, 0.05) is 24.5 Å². The second-order valence-corrected chi connectivity index (χ2v) is 12.3. The van der Waals surface area contributed by atoms with Crippen molar-refractivity contribution in [3.63, 3.8) is 0 Å². The summed E-state index contributed by atoms with van der Waals surface area (Å²) >= 11 is 0. The van der Waals surface area contributed by atoms with Crippen molar-refractivity contribution in [3.8, 4) is 22.7 Å². The normalized spacial score (nSPS) is 16.7. The minimum atomic E-state index is -1.05. The van der Waals surface area contributed by atoms with Gasteiger partial charge >= 0.3 is 12.1 Å². The molecule has 0 radical (unpaired) electrons. The van der Waals surface area contributed by atoms with Crippen molar-refractivity contribution in [1.82, 2.24) is 14.4 Å². The lowest BCUT2D eigenvalue weighted by atomic mass is 9.79. The van der Waals surface area contributed by atoms with E-state index in [4.69, 9.17) is 9.47 Å². The van der Waals surface area contributed by atoms with E-state index in [9.17, 15) is 19.5 Å². The van der Waals surface area contributed by atoms with Gasteiger partial charge in [-0.2, -0.15) is 0 Å². The number of piperazine rings is 1. The topological polar surface area (TPSA) is 101 Å². The number of hydrogen-bond donors (Lipinski definition) is 1. The molecule has 1 saturated heterocycles. The lowest BCUT2D eigenvalue weighted by molar-refractivity contribution is -0.0278. The molecule has 1 aliphatic rings. The van der Waals surface area contributed by atoms with E-state index in [1.54, 1.807) is 29.2 Å². The van der Waals surface area contributed by atoms with Gasteiger partial charge in [0.05, 0.1) is 36.0 Å². The zero-order valence-corrected chi connectivity index (χ0v) is 26.3. The number of carbonyl (C=O) groups is 3. The van der Waals surface area contributed by atoms with Crippen LogP contribution in [0.4, 0.5) is 4.79 Å². The highest BCUT2D eigenvalue weighted by Gasteiger charge is 2.47. The van der Waals surface area contributed by atoms with Gasteiger partial charge in [0.15, 0.2) is 0 Å². The Morgan fingerprint density at radius 1 is 0.867 bits per heavy atom. The van der Waals surface area contributed by atoms with E-state index in [0.29, 0.717) is 16.9 Å². The second-order valence-electron chi connectivity index (χ2n) is 12.3. The third-order valence-corrected chi connectivity index (χ3v) is 8.23. The van der Waals surface area contributed by atoms with Gasteiger partial charge in [-0.15, -0.1) is 0 Å². The van der Waals surface area contributed by atoms with Crippen molar-refractivity contribution in [2.45, 2.75) is 39.8 Å². The van der Waals surface area contributed by atoms with E-state index in [-0.39, 0.29) is 25.6 Å². The monoisotopic (exact) mass is 609 g/mol. The van der Waals surface area contributed by atoms with Crippen LogP contribution in [-0.4, -0.2) is 76.3 Å². The Labute approximate surface area is 263 Å². The highest BCUT2D eigenvalue weighted by atomic mass is 16.5. The van der Waals surface area contributed by atoms with E-state index < -0.39 is 29.6 Å². The number of amides is 2. The Bertz CT molecular complexity index is 1680. The first-order chi connectivity index (χ1) is 21.5. The highest BCUT2D eigenvalue weighted by Crippen LogP contribution is 2.36. The largest absolute Gasteiger partial charge is 0.491 e. The number of rotatable bonds is 7. The molecule has 9 heteroatoms. The molecule has 4 aromatic rings. The van der Waals surface area contributed by atoms with Gasteiger partial charge in [0.1, 0.15) is 12.4 Å². The summed E-state index contributed by atoms with van der Waals surface area (Å²) in [6.07, 6.45) is -1.05. The summed E-state index contributed by atoms with van der Waals surface area (Å²) in [5.41, 5.74) is 3.80. The minimum Gasteiger partial charge on any atom is -0.491 e. The molecule has 2 atom stereocenters. The quantitative estimate of drug-likeness (QED) is 0.239. The van der Waals surface area contributed by atoms with Gasteiger partial charge < -0.3 is 28.9 Å². The average molecular weight is 610 g/mol. The second kappa shape index (κ2) is 12.9. The first kappa shape index (κ1) is 31.4. The Morgan fingerprint density at radius 3 is 2.13 bits per heavy atom. The van der Waals surface area contributed by atoms with Gasteiger partial charge in [0.2, 0.25) is 0 Å². The zero-order valence-electron chi connectivity index (χ0n) is 26.3. The van der Waals surface area contributed by atoms with Crippen molar-refractivity contribution >= 4 is 18.0 Å². The Kier molecular flexibility index (Phi) is 8.99. The lowest BCUT2D eigenvalue weighted by Crippen LogP contribution is -2.67. The summed E-state index contributed by atoms with van der Waals surface area (Å²) in [6.45, 7) is 8.26. The van der Waals surface area contributed by atoms with Crippen LogP contribution in [0.25, 0.3) is 16.9 Å². The fourth-order valence-electron chi connectivity index (χ4n) is 6.35. The third-order valence-electron chi connectivity index (χ3n) is 8.23. The van der Waals surface area contributed by atoms with E-state index in [2.05, 4.69) is 4.57 Å². The SMILES string of the molecule is COC(=O)c1cccc(OCC2C(C(C)(C)C)N(C(=O)O)CCN2C(=O)c2cc(C)n(-c3ccccc3)c2-c2ccccc2)c1. The van der Waals surface area contributed by atoms with Crippen LogP contribution in [0.5, 0.6) is 5.75 Å². The number of carbonyl (C=O) groups excluding carboxylic acids is 2. The van der Waals surface area contributed by atoms with Crippen molar-refractivity contribution in [3.05, 3.63) is 108 Å². The summed E-state index contributed by atoms with van der Waals surface area (Å²) in [4.78, 5) is 42.6. The van der Waals surface area contributed by atoms with Gasteiger partial charge in [0.25, 0.3) is 5.91 Å². The van der Waals surface area contributed by atoms with E-state index in [0.717, 1.165) is 22.6 Å². The Morgan fingerprint density at radius 2 is 1.51 bits per heavy atom. The van der Waals surface area contributed by atoms with Crippen molar-refractivity contribution < 1.29 is 29.0 Å². The summed E-state index contributed by atoms with van der Waals surface area (Å²) in [5, 5.41) is 10.2. The van der Waals surface area contributed by atoms with Crippen molar-refractivity contribution in [1.29, 1.82) is 0 Å². The van der Waals surface area contributed by atoms with E-state index >= 15 is 0 Å². The molecule has 234 valence electrons. The summed E-state index contributed by atoms with van der Waals surface area (Å²) < 4.78 is 13.2. The van der Waals surface area contributed by atoms with Crippen LogP contribution in [-0.2, 0) is 4.74 Å². The Hall–Kier alpha value is -5.05. The average Bonchev–Trinajstić information content (AvgIpc) is 3.39. The summed E-state index contributed by atoms with van der Waals surface area (Å²) in [7, 11) is 1.31. The van der Waals surface area contributed by atoms with Crippen LogP contribution in [0.2, 0.25) is 0 Å². The number of aryl methyl sites for hydroxylation is 1. The number of benzene rings is 3. The Balaban J connectivity index is 1.60. The molecule has 0 aliphatic carbocycles. The van der Waals surface area contributed by atoms with Crippen molar-refractivity contribution in [2.24, 2.45) is 5.41 Å². The summed E-state index contributed by atoms with van der Waals surface area (Å²) in [5.74, 6) is -0.282. The smallest absolute Gasteiger partial charge is 0.407 e. The fraction of sp³-hybridized carbons (Fsp3) is 0.306. The molecule has 9 nitrogen and oxygen atoms in total. The first-order valence-electron chi connectivity index (χ1n) is 15.0. The van der Waals surface area contributed by atoms with Crippen LogP contribution < -0.4 is 4.74 Å². The first-order valence-corrected chi connectivity index (χ1v) is 15.0. The van der Waals surface area contributed by atoms with Crippen LogP contribution in [0, 0.1) is 12.3 Å². The number of ether oxygens (including phenoxy) is 2. The lowest BCUT2D eigenvalue weighted by Gasteiger charge is -2.51. The minimum absolute atomic E-state index is 0.0150. The molecule has 3 aromatic carbocycles. The maximum Gasteiger partial charge on any atom is 0.407 e. The number of hydrogen-bond acceptors (Lipinski definition) is 5. The van der Waals surface area contributed by atoms with Gasteiger partial charge in [-0.25, -0.2) is 9.59 Å². The number of nitrogens with zero attached hydrogens (tertiary/aromatic N) is 3. The molecule has 2 unspecified atom stereocenters. The predicted octanol–water partition coefficient (Wildman–Crippen LogP) is 6.54. The maximum absolute atomic E-state index is 14.8. The number of methoxy groups -OCH3 is 1. The number of esters is 1. The molecular weight excluding hydrogens is 570 g/mol. The maximum atomic E-state index is 14.8. The molecule has 45 heavy (non-hydrogen) atoms. The molecule has 0 spiro atoms. The molecule has 2 heterocycles. The van der Waals surface area contributed by atoms with E-state index in [1.807, 2.05) is 94.4 Å². The van der Waals surface area contributed by atoms with Crippen LogP contribution in [0.1, 0.15) is 47.2 Å². The number of carboxylic acid groups (broad SMARTS) is 1. The molecular formula is C36H39N3O6. The molecule has 0 saturated carbocycles. The molecule has 0 bridgehead atoms. The molecule has 1 aromatic heterocycles. The van der Waals surface area contributed by atoms with Gasteiger partial charge in [-0.3, -0.25) is 4.79 Å². The molecule has 1 aliphatic heterocycles. The predicted molar refractivity (Wildman–Crippen MR) is 172 cm³/mol.